The summed E-state index contributed by atoms with van der Waals surface area (Å²) < 4.78 is 0. The molecule has 1 atom stereocenters. The van der Waals surface area contributed by atoms with Gasteiger partial charge in [-0.1, -0.05) is 30.3 Å². The quantitative estimate of drug-likeness (QED) is 0.684. The number of carbonyl (C=O) groups is 2. The van der Waals surface area contributed by atoms with Crippen molar-refractivity contribution in [3.8, 4) is 0 Å². The number of β-amino-alcohol motifs (C(OH)–C–C–N with tert-alkyl or cyclic N) is 1. The Morgan fingerprint density at radius 2 is 2.00 bits per heavy atom. The van der Waals surface area contributed by atoms with E-state index < -0.39 is 6.10 Å². The van der Waals surface area contributed by atoms with E-state index in [1.807, 2.05) is 30.3 Å². The van der Waals surface area contributed by atoms with Gasteiger partial charge < -0.3 is 5.11 Å². The van der Waals surface area contributed by atoms with Crippen LogP contribution < -0.4 is 0 Å². The highest BCUT2D eigenvalue weighted by Crippen LogP contribution is 2.32. The Morgan fingerprint density at radius 1 is 1.32 bits per heavy atom. The van der Waals surface area contributed by atoms with Crippen molar-refractivity contribution in [2.24, 2.45) is 0 Å². The lowest BCUT2D eigenvalue weighted by molar-refractivity contribution is -0.123. The molecule has 1 aliphatic rings. The number of hydrogen-bond acceptors (Lipinski definition) is 4. The lowest BCUT2D eigenvalue weighted by Gasteiger charge is -2.15. The van der Waals surface area contributed by atoms with E-state index in [0.29, 0.717) is 4.91 Å². The summed E-state index contributed by atoms with van der Waals surface area (Å²) in [5, 5.41) is 9.04. The number of thioether (sulfide) groups is 1. The summed E-state index contributed by atoms with van der Waals surface area (Å²) in [6, 6.07) is 9.28. The third kappa shape index (κ3) is 3.37. The van der Waals surface area contributed by atoms with Crippen LogP contribution in [0.4, 0.5) is 4.79 Å². The van der Waals surface area contributed by atoms with Gasteiger partial charge in [0.15, 0.2) is 0 Å². The van der Waals surface area contributed by atoms with E-state index in [-0.39, 0.29) is 23.6 Å². The molecule has 0 spiro atoms. The molecule has 1 fully saturated rings. The second kappa shape index (κ2) is 6.23. The van der Waals surface area contributed by atoms with Gasteiger partial charge in [-0.3, -0.25) is 14.5 Å². The minimum absolute atomic E-state index is 0.0144. The molecule has 2 rings (SSSR count). The molecule has 1 aliphatic heterocycles. The van der Waals surface area contributed by atoms with Gasteiger partial charge in [0.05, 0.1) is 23.4 Å². The van der Waals surface area contributed by atoms with Crippen molar-refractivity contribution in [1.82, 2.24) is 4.90 Å². The van der Waals surface area contributed by atoms with Crippen LogP contribution in [0.25, 0.3) is 6.08 Å². The summed E-state index contributed by atoms with van der Waals surface area (Å²) in [6.45, 7) is -0.0692. The van der Waals surface area contributed by atoms with Crippen LogP contribution in [0.3, 0.4) is 0 Å². The van der Waals surface area contributed by atoms with Gasteiger partial charge >= 0.3 is 0 Å². The van der Waals surface area contributed by atoms with Crippen molar-refractivity contribution in [1.29, 1.82) is 0 Å². The second-order valence-corrected chi connectivity index (χ2v) is 5.31. The van der Waals surface area contributed by atoms with Gasteiger partial charge in [0, 0.05) is 0 Å². The summed E-state index contributed by atoms with van der Waals surface area (Å²) >= 11 is 6.34. The SMILES string of the molecule is O=C1S/C(=C\c2ccccc2)C(=O)N1C[C@@H](O)CCl. The van der Waals surface area contributed by atoms with Crippen LogP contribution in [0.2, 0.25) is 0 Å². The number of nitrogens with zero attached hydrogens (tertiary/aromatic N) is 1. The number of hydrogen-bond donors (Lipinski definition) is 1. The number of rotatable bonds is 4. The third-order valence-corrected chi connectivity index (χ3v) is 3.81. The largest absolute Gasteiger partial charge is 0.390 e. The van der Waals surface area contributed by atoms with Crippen molar-refractivity contribution < 1.29 is 14.7 Å². The molecule has 0 bridgehead atoms. The van der Waals surface area contributed by atoms with Gasteiger partial charge in [-0.25, -0.2) is 0 Å². The number of carbonyl (C=O) groups excluding carboxylic acids is 2. The molecule has 2 amide bonds. The molecule has 1 heterocycles. The predicted molar refractivity (Wildman–Crippen MR) is 75.8 cm³/mol. The standard InChI is InChI=1S/C13H12ClNO3S/c14-7-10(16)8-15-12(17)11(19-13(15)18)6-9-4-2-1-3-5-9/h1-6,10,16H,7-8H2/b11-6-/t10-/m0/s1. The fourth-order valence-electron chi connectivity index (χ4n) is 1.62. The molecule has 0 aliphatic carbocycles. The molecular formula is C13H12ClNO3S. The van der Waals surface area contributed by atoms with Crippen LogP contribution in [-0.2, 0) is 4.79 Å². The van der Waals surface area contributed by atoms with Crippen LogP contribution in [-0.4, -0.2) is 39.7 Å². The van der Waals surface area contributed by atoms with Crippen LogP contribution >= 0.6 is 23.4 Å². The third-order valence-electron chi connectivity index (χ3n) is 2.54. The topological polar surface area (TPSA) is 57.6 Å². The molecule has 0 aromatic heterocycles. The Bertz CT molecular complexity index is 518. The normalized spacial score (nSPS) is 19.3. The molecular weight excluding hydrogens is 286 g/mol. The van der Waals surface area contributed by atoms with E-state index in [9.17, 15) is 14.7 Å². The van der Waals surface area contributed by atoms with Crippen LogP contribution in [0.1, 0.15) is 5.56 Å². The zero-order valence-electron chi connectivity index (χ0n) is 9.95. The van der Waals surface area contributed by atoms with Crippen LogP contribution in [0, 0.1) is 0 Å². The van der Waals surface area contributed by atoms with E-state index in [1.54, 1.807) is 6.08 Å². The summed E-state index contributed by atoms with van der Waals surface area (Å²) in [5.74, 6) is -0.401. The average molecular weight is 298 g/mol. The Kier molecular flexibility index (Phi) is 4.63. The molecule has 1 saturated heterocycles. The van der Waals surface area contributed by atoms with E-state index in [4.69, 9.17) is 11.6 Å². The molecule has 1 N–H and O–H groups in total. The van der Waals surface area contributed by atoms with Crippen molar-refractivity contribution >= 4 is 40.6 Å². The number of benzene rings is 1. The van der Waals surface area contributed by atoms with Gasteiger partial charge in [0.1, 0.15) is 0 Å². The molecule has 0 saturated carbocycles. The average Bonchev–Trinajstić information content (AvgIpc) is 2.67. The first-order chi connectivity index (χ1) is 9.11. The lowest BCUT2D eigenvalue weighted by Crippen LogP contribution is -2.36. The number of halogens is 1. The Labute approximate surface area is 120 Å². The number of aliphatic hydroxyl groups is 1. The first kappa shape index (κ1) is 14.1. The molecule has 19 heavy (non-hydrogen) atoms. The summed E-state index contributed by atoms with van der Waals surface area (Å²) in [7, 11) is 0. The van der Waals surface area contributed by atoms with Crippen molar-refractivity contribution in [3.63, 3.8) is 0 Å². The van der Waals surface area contributed by atoms with E-state index >= 15 is 0 Å². The number of amides is 2. The Hall–Kier alpha value is -1.30. The molecule has 100 valence electrons. The molecule has 0 unspecified atom stereocenters. The second-order valence-electron chi connectivity index (χ2n) is 4.01. The Morgan fingerprint density at radius 3 is 2.63 bits per heavy atom. The molecule has 1 aromatic carbocycles. The smallest absolute Gasteiger partial charge is 0.293 e. The molecule has 4 nitrogen and oxygen atoms in total. The zero-order chi connectivity index (χ0) is 13.8. The van der Waals surface area contributed by atoms with Crippen molar-refractivity contribution in [3.05, 3.63) is 40.8 Å². The molecule has 0 radical (unpaired) electrons. The van der Waals surface area contributed by atoms with Crippen LogP contribution in [0.5, 0.6) is 0 Å². The van der Waals surface area contributed by atoms with Gasteiger partial charge in [0.2, 0.25) is 0 Å². The van der Waals surface area contributed by atoms with E-state index in [2.05, 4.69) is 0 Å². The minimum atomic E-state index is -0.897. The fraction of sp³-hybridized carbons (Fsp3) is 0.231. The molecule has 6 heteroatoms. The fourth-order valence-corrected chi connectivity index (χ4v) is 2.56. The zero-order valence-corrected chi connectivity index (χ0v) is 11.5. The van der Waals surface area contributed by atoms with Crippen LogP contribution in [0.15, 0.2) is 35.2 Å². The highest BCUT2D eigenvalue weighted by atomic mass is 35.5. The van der Waals surface area contributed by atoms with Gasteiger partial charge in [-0.15, -0.1) is 11.6 Å². The lowest BCUT2D eigenvalue weighted by atomic mass is 10.2. The monoisotopic (exact) mass is 297 g/mol. The highest BCUT2D eigenvalue weighted by molar-refractivity contribution is 8.18. The Balaban J connectivity index is 2.16. The maximum absolute atomic E-state index is 12.0. The van der Waals surface area contributed by atoms with Gasteiger partial charge in [0.25, 0.3) is 11.1 Å². The van der Waals surface area contributed by atoms with Gasteiger partial charge in [-0.2, -0.15) is 0 Å². The predicted octanol–water partition coefficient (Wildman–Crippen LogP) is 2.32. The summed E-state index contributed by atoms with van der Waals surface area (Å²) in [5.41, 5.74) is 0.853. The van der Waals surface area contributed by atoms with Crippen molar-refractivity contribution in [2.45, 2.75) is 6.10 Å². The first-order valence-electron chi connectivity index (χ1n) is 5.66. The first-order valence-corrected chi connectivity index (χ1v) is 7.01. The maximum atomic E-state index is 12.0. The summed E-state index contributed by atoms with van der Waals surface area (Å²) in [4.78, 5) is 25.1. The maximum Gasteiger partial charge on any atom is 0.293 e. The van der Waals surface area contributed by atoms with E-state index in [1.165, 1.54) is 0 Å². The van der Waals surface area contributed by atoms with Crippen molar-refractivity contribution in [2.75, 3.05) is 12.4 Å². The highest BCUT2D eigenvalue weighted by Gasteiger charge is 2.35. The number of imide groups is 1. The molecule has 1 aromatic rings. The number of alkyl halides is 1. The number of aliphatic hydroxyl groups excluding tert-OH is 1. The van der Waals surface area contributed by atoms with Gasteiger partial charge in [-0.05, 0) is 23.4 Å². The minimum Gasteiger partial charge on any atom is -0.390 e. The summed E-state index contributed by atoms with van der Waals surface area (Å²) in [6.07, 6.45) is 0.768. The van der Waals surface area contributed by atoms with E-state index in [0.717, 1.165) is 22.2 Å².